The molecule has 2 heterocycles. The van der Waals surface area contributed by atoms with Crippen LogP contribution in [-0.2, 0) is 14.8 Å². The Morgan fingerprint density at radius 3 is 2.54 bits per heavy atom. The average Bonchev–Trinajstić information content (AvgIpc) is 3.10. The van der Waals surface area contributed by atoms with Gasteiger partial charge in [-0.3, -0.25) is 9.69 Å². The molecule has 1 aromatic heterocycles. The summed E-state index contributed by atoms with van der Waals surface area (Å²) in [6.07, 6.45) is 1.15. The maximum absolute atomic E-state index is 12.3. The van der Waals surface area contributed by atoms with Crippen molar-refractivity contribution < 1.29 is 13.2 Å². The average molecular weight is 345 g/mol. The number of nitrogens with two attached hydrogens (primary N) is 1. The predicted octanol–water partition coefficient (Wildman–Crippen LogP) is 0.446. The van der Waals surface area contributed by atoms with Gasteiger partial charge < -0.3 is 0 Å². The molecule has 9 heteroatoms. The second-order valence-corrected chi connectivity index (χ2v) is 7.51. The minimum Gasteiger partial charge on any atom is -0.294 e. The number of nitriles is 1. The Morgan fingerprint density at radius 2 is 2.00 bits per heavy atom. The lowest BCUT2D eigenvalue weighted by molar-refractivity contribution is -0.117. The molecule has 24 heavy (non-hydrogen) atoms. The molecule has 0 saturated carbocycles. The SMILES string of the molecule is Cc1ccc(-n2ncc(C#N)c2N2CC(S(N)(=O)=O)CC2=O)cc1. The van der Waals surface area contributed by atoms with Crippen LogP contribution in [0.5, 0.6) is 0 Å². The summed E-state index contributed by atoms with van der Waals surface area (Å²) >= 11 is 0. The van der Waals surface area contributed by atoms with E-state index in [1.165, 1.54) is 15.8 Å². The van der Waals surface area contributed by atoms with Gasteiger partial charge in [-0.25, -0.2) is 18.2 Å². The smallest absolute Gasteiger partial charge is 0.229 e. The van der Waals surface area contributed by atoms with Crippen molar-refractivity contribution in [2.24, 2.45) is 5.14 Å². The van der Waals surface area contributed by atoms with E-state index in [0.717, 1.165) is 5.56 Å². The van der Waals surface area contributed by atoms with Gasteiger partial charge in [0.05, 0.1) is 11.9 Å². The molecule has 8 nitrogen and oxygen atoms in total. The third kappa shape index (κ3) is 2.77. The fraction of sp³-hybridized carbons (Fsp3) is 0.267. The van der Waals surface area contributed by atoms with Gasteiger partial charge in [0.15, 0.2) is 5.82 Å². The first-order chi connectivity index (χ1) is 11.3. The summed E-state index contributed by atoms with van der Waals surface area (Å²) < 4.78 is 24.6. The van der Waals surface area contributed by atoms with Gasteiger partial charge in [0, 0.05) is 13.0 Å². The fourth-order valence-electron chi connectivity index (χ4n) is 2.66. The number of hydrogen-bond donors (Lipinski definition) is 1. The minimum atomic E-state index is -3.84. The van der Waals surface area contributed by atoms with E-state index in [1.54, 1.807) is 0 Å². The van der Waals surface area contributed by atoms with Gasteiger partial charge in [-0.2, -0.15) is 10.4 Å². The van der Waals surface area contributed by atoms with Crippen LogP contribution in [0.25, 0.3) is 5.69 Å². The maximum atomic E-state index is 12.3. The summed E-state index contributed by atoms with van der Waals surface area (Å²) in [5.41, 5.74) is 1.92. The van der Waals surface area contributed by atoms with Crippen LogP contribution in [0.1, 0.15) is 17.5 Å². The summed E-state index contributed by atoms with van der Waals surface area (Å²) in [5, 5.41) is 17.7. The Balaban J connectivity index is 2.08. The molecule has 1 saturated heterocycles. The number of primary sulfonamides is 1. The summed E-state index contributed by atoms with van der Waals surface area (Å²) in [6, 6.07) is 9.37. The molecule has 2 aromatic rings. The Bertz CT molecular complexity index is 940. The number of amides is 1. The molecule has 1 atom stereocenters. The molecule has 1 aliphatic heterocycles. The number of nitrogens with zero attached hydrogens (tertiary/aromatic N) is 4. The Hall–Kier alpha value is -2.70. The van der Waals surface area contributed by atoms with Crippen LogP contribution >= 0.6 is 0 Å². The summed E-state index contributed by atoms with van der Waals surface area (Å²) in [7, 11) is -3.84. The number of carbonyl (C=O) groups excluding carboxylic acids is 1. The van der Waals surface area contributed by atoms with Crippen LogP contribution in [0.15, 0.2) is 30.5 Å². The number of rotatable bonds is 3. The number of sulfonamides is 1. The van der Waals surface area contributed by atoms with E-state index in [0.29, 0.717) is 5.69 Å². The first kappa shape index (κ1) is 16.2. The van der Waals surface area contributed by atoms with Crippen LogP contribution in [0.2, 0.25) is 0 Å². The van der Waals surface area contributed by atoms with E-state index in [4.69, 9.17) is 5.14 Å². The largest absolute Gasteiger partial charge is 0.294 e. The van der Waals surface area contributed by atoms with Crippen molar-refractivity contribution in [3.63, 3.8) is 0 Å². The second kappa shape index (κ2) is 5.74. The van der Waals surface area contributed by atoms with Crippen molar-refractivity contribution in [2.45, 2.75) is 18.6 Å². The van der Waals surface area contributed by atoms with Crippen LogP contribution < -0.4 is 10.0 Å². The number of hydrogen-bond acceptors (Lipinski definition) is 5. The van der Waals surface area contributed by atoms with Gasteiger partial charge in [-0.15, -0.1) is 0 Å². The van der Waals surface area contributed by atoms with Gasteiger partial charge >= 0.3 is 0 Å². The van der Waals surface area contributed by atoms with Crippen molar-refractivity contribution in [3.8, 4) is 11.8 Å². The molecule has 1 aromatic carbocycles. The molecule has 1 aliphatic rings. The van der Waals surface area contributed by atoms with E-state index in [9.17, 15) is 18.5 Å². The molecular weight excluding hydrogens is 330 g/mol. The van der Waals surface area contributed by atoms with Crippen molar-refractivity contribution in [1.82, 2.24) is 9.78 Å². The van der Waals surface area contributed by atoms with Crippen LogP contribution in [0.4, 0.5) is 5.82 Å². The van der Waals surface area contributed by atoms with E-state index < -0.39 is 21.2 Å². The van der Waals surface area contributed by atoms with E-state index in [-0.39, 0.29) is 24.3 Å². The standard InChI is InChI=1S/C15H15N5O3S/c1-10-2-4-12(5-3-10)20-15(11(7-16)8-18-20)19-9-13(6-14(19)21)24(17,22)23/h2-5,8,13H,6,9H2,1H3,(H2,17,22,23). The Morgan fingerprint density at radius 1 is 1.33 bits per heavy atom. The van der Waals surface area contributed by atoms with Gasteiger partial charge in [-0.1, -0.05) is 17.7 Å². The number of anilines is 1. The molecule has 3 rings (SSSR count). The number of carbonyl (C=O) groups is 1. The van der Waals surface area contributed by atoms with Gasteiger partial charge in [-0.05, 0) is 19.1 Å². The Labute approximate surface area is 139 Å². The van der Waals surface area contributed by atoms with E-state index in [2.05, 4.69) is 5.10 Å². The highest BCUT2D eigenvalue weighted by Crippen LogP contribution is 2.29. The number of aromatic nitrogens is 2. The Kier molecular flexibility index (Phi) is 3.87. The van der Waals surface area contributed by atoms with Crippen LogP contribution in [0.3, 0.4) is 0 Å². The van der Waals surface area contributed by atoms with Crippen molar-refractivity contribution in [1.29, 1.82) is 5.26 Å². The third-order valence-corrected chi connectivity index (χ3v) is 5.20. The fourth-order valence-corrected chi connectivity index (χ4v) is 3.39. The van der Waals surface area contributed by atoms with E-state index in [1.807, 2.05) is 37.3 Å². The van der Waals surface area contributed by atoms with Crippen molar-refractivity contribution in [2.75, 3.05) is 11.4 Å². The lowest BCUT2D eigenvalue weighted by Crippen LogP contribution is -2.33. The highest BCUT2D eigenvalue weighted by Gasteiger charge is 2.39. The van der Waals surface area contributed by atoms with Crippen molar-refractivity contribution in [3.05, 3.63) is 41.6 Å². The zero-order valence-electron chi connectivity index (χ0n) is 12.9. The molecule has 0 radical (unpaired) electrons. The molecule has 124 valence electrons. The van der Waals surface area contributed by atoms with Crippen molar-refractivity contribution >= 4 is 21.7 Å². The molecule has 1 amide bonds. The minimum absolute atomic E-state index is 0.0934. The number of aryl methyl sites for hydroxylation is 1. The quantitative estimate of drug-likeness (QED) is 0.865. The molecule has 0 bridgehead atoms. The molecular formula is C15H15N5O3S. The molecule has 0 spiro atoms. The van der Waals surface area contributed by atoms with Gasteiger partial charge in [0.2, 0.25) is 15.9 Å². The molecule has 2 N–H and O–H groups in total. The lowest BCUT2D eigenvalue weighted by Gasteiger charge is -2.18. The maximum Gasteiger partial charge on any atom is 0.229 e. The lowest BCUT2D eigenvalue weighted by atomic mass is 10.2. The van der Waals surface area contributed by atoms with Crippen LogP contribution in [0, 0.1) is 18.3 Å². The summed E-state index contributed by atoms with van der Waals surface area (Å²) in [4.78, 5) is 13.6. The zero-order chi connectivity index (χ0) is 17.5. The zero-order valence-corrected chi connectivity index (χ0v) is 13.7. The third-order valence-electron chi connectivity index (χ3n) is 3.95. The highest BCUT2D eigenvalue weighted by atomic mass is 32.2. The topological polar surface area (TPSA) is 122 Å². The van der Waals surface area contributed by atoms with Crippen LogP contribution in [-0.4, -0.2) is 35.9 Å². The van der Waals surface area contributed by atoms with E-state index >= 15 is 0 Å². The first-order valence-electron chi connectivity index (χ1n) is 7.18. The first-order valence-corrected chi connectivity index (χ1v) is 8.79. The summed E-state index contributed by atoms with van der Waals surface area (Å²) in [6.45, 7) is 1.85. The monoisotopic (exact) mass is 345 g/mol. The number of benzene rings is 1. The molecule has 1 unspecified atom stereocenters. The molecule has 1 fully saturated rings. The summed E-state index contributed by atoms with van der Waals surface area (Å²) in [5.74, 6) is -0.142. The predicted molar refractivity (Wildman–Crippen MR) is 86.9 cm³/mol. The second-order valence-electron chi connectivity index (χ2n) is 5.66. The van der Waals surface area contributed by atoms with Gasteiger partial charge in [0.1, 0.15) is 16.9 Å². The highest BCUT2D eigenvalue weighted by molar-refractivity contribution is 7.89. The molecule has 0 aliphatic carbocycles. The van der Waals surface area contributed by atoms with Gasteiger partial charge in [0.25, 0.3) is 0 Å². The normalized spacial score (nSPS) is 18.0.